The molecule has 0 radical (unpaired) electrons. The zero-order valence-electron chi connectivity index (χ0n) is 14.7. The van der Waals surface area contributed by atoms with Crippen molar-refractivity contribution in [1.29, 1.82) is 0 Å². The van der Waals surface area contributed by atoms with Crippen molar-refractivity contribution in [3.8, 4) is 5.75 Å². The van der Waals surface area contributed by atoms with Gasteiger partial charge in [0, 0.05) is 13.1 Å². The Kier molecular flexibility index (Phi) is 5.36. The number of likely N-dealkylation sites (tertiary alicyclic amines) is 1. The van der Waals surface area contributed by atoms with Crippen molar-refractivity contribution < 1.29 is 24.2 Å². The minimum absolute atomic E-state index is 0.0910. The molecule has 0 saturated carbocycles. The minimum Gasteiger partial charge on any atom is -0.508 e. The molecule has 6 heteroatoms. The standard InChI is InChI=1S/C18H25NO5/c1-18(2,3)24-17(22)19-9-7-12(8-10-19)14-11-13(16(21)23-4)5-6-15(14)20/h5-6,11-12,20H,7-10H2,1-4H3. The predicted octanol–water partition coefficient (Wildman–Crippen LogP) is 3.29. The number of ether oxygens (including phenoxy) is 2. The molecular weight excluding hydrogens is 310 g/mol. The van der Waals surface area contributed by atoms with E-state index in [0.717, 1.165) is 5.56 Å². The summed E-state index contributed by atoms with van der Waals surface area (Å²) >= 11 is 0. The fourth-order valence-corrected chi connectivity index (χ4v) is 2.83. The number of hydrogen-bond donors (Lipinski definition) is 1. The highest BCUT2D eigenvalue weighted by Crippen LogP contribution is 2.34. The minimum atomic E-state index is -0.513. The van der Waals surface area contributed by atoms with Gasteiger partial charge in [-0.3, -0.25) is 0 Å². The van der Waals surface area contributed by atoms with Crippen LogP contribution in [0.3, 0.4) is 0 Å². The largest absolute Gasteiger partial charge is 0.508 e. The van der Waals surface area contributed by atoms with Crippen molar-refractivity contribution in [3.63, 3.8) is 0 Å². The van der Waals surface area contributed by atoms with E-state index >= 15 is 0 Å². The molecule has 0 unspecified atom stereocenters. The van der Waals surface area contributed by atoms with Gasteiger partial charge in [-0.05, 0) is 63.3 Å². The maximum atomic E-state index is 12.1. The number of carbonyl (C=O) groups is 2. The van der Waals surface area contributed by atoms with Crippen molar-refractivity contribution in [2.24, 2.45) is 0 Å². The van der Waals surface area contributed by atoms with E-state index in [0.29, 0.717) is 31.5 Å². The van der Waals surface area contributed by atoms with Gasteiger partial charge in [-0.25, -0.2) is 9.59 Å². The van der Waals surface area contributed by atoms with Gasteiger partial charge in [0.05, 0.1) is 12.7 Å². The fourth-order valence-electron chi connectivity index (χ4n) is 2.83. The molecule has 24 heavy (non-hydrogen) atoms. The number of phenols is 1. The maximum Gasteiger partial charge on any atom is 0.410 e. The predicted molar refractivity (Wildman–Crippen MR) is 89.2 cm³/mol. The number of phenolic OH excluding ortho intramolecular Hbond substituents is 1. The quantitative estimate of drug-likeness (QED) is 0.839. The van der Waals surface area contributed by atoms with E-state index in [-0.39, 0.29) is 17.8 Å². The average Bonchev–Trinajstić information content (AvgIpc) is 2.53. The van der Waals surface area contributed by atoms with E-state index in [4.69, 9.17) is 9.47 Å². The summed E-state index contributed by atoms with van der Waals surface area (Å²) in [5.41, 5.74) is 0.628. The highest BCUT2D eigenvalue weighted by Gasteiger charge is 2.28. The topological polar surface area (TPSA) is 76.1 Å². The number of carbonyl (C=O) groups excluding carboxylic acids is 2. The molecule has 0 atom stereocenters. The van der Waals surface area contributed by atoms with Gasteiger partial charge in [0.25, 0.3) is 0 Å². The van der Waals surface area contributed by atoms with Crippen molar-refractivity contribution in [3.05, 3.63) is 29.3 Å². The first kappa shape index (κ1) is 18.1. The van der Waals surface area contributed by atoms with Crippen molar-refractivity contribution in [2.45, 2.75) is 45.1 Å². The van der Waals surface area contributed by atoms with E-state index in [9.17, 15) is 14.7 Å². The molecule has 1 aromatic carbocycles. The third-order valence-electron chi connectivity index (χ3n) is 4.04. The summed E-state index contributed by atoms with van der Waals surface area (Å²) in [5.74, 6) is -0.172. The molecule has 1 fully saturated rings. The molecule has 1 aliphatic heterocycles. The summed E-state index contributed by atoms with van der Waals surface area (Å²) in [4.78, 5) is 25.4. The number of benzene rings is 1. The Morgan fingerprint density at radius 1 is 1.21 bits per heavy atom. The number of aromatic hydroxyl groups is 1. The van der Waals surface area contributed by atoms with Gasteiger partial charge in [-0.2, -0.15) is 0 Å². The van der Waals surface area contributed by atoms with E-state index in [1.807, 2.05) is 20.8 Å². The summed E-state index contributed by atoms with van der Waals surface area (Å²) in [7, 11) is 1.33. The Morgan fingerprint density at radius 2 is 1.83 bits per heavy atom. The Balaban J connectivity index is 2.04. The number of nitrogens with zero attached hydrogens (tertiary/aromatic N) is 1. The van der Waals surface area contributed by atoms with Crippen LogP contribution >= 0.6 is 0 Å². The lowest BCUT2D eigenvalue weighted by Gasteiger charge is -2.33. The maximum absolute atomic E-state index is 12.1. The zero-order chi connectivity index (χ0) is 17.9. The third-order valence-corrected chi connectivity index (χ3v) is 4.04. The van der Waals surface area contributed by atoms with Gasteiger partial charge in [-0.1, -0.05) is 0 Å². The molecule has 132 valence electrons. The lowest BCUT2D eigenvalue weighted by molar-refractivity contribution is 0.0204. The Morgan fingerprint density at radius 3 is 2.38 bits per heavy atom. The fraction of sp³-hybridized carbons (Fsp3) is 0.556. The Labute approximate surface area is 142 Å². The van der Waals surface area contributed by atoms with Gasteiger partial charge in [-0.15, -0.1) is 0 Å². The van der Waals surface area contributed by atoms with Crippen LogP contribution in [0.1, 0.15) is 55.5 Å². The van der Waals surface area contributed by atoms with E-state index in [1.54, 1.807) is 17.0 Å². The van der Waals surface area contributed by atoms with Gasteiger partial charge in [0.15, 0.2) is 0 Å². The number of esters is 1. The van der Waals surface area contributed by atoms with Gasteiger partial charge in [0.1, 0.15) is 11.4 Å². The van der Waals surface area contributed by atoms with Crippen molar-refractivity contribution >= 4 is 12.1 Å². The number of hydrogen-bond acceptors (Lipinski definition) is 5. The van der Waals surface area contributed by atoms with Crippen molar-refractivity contribution in [1.82, 2.24) is 4.90 Å². The van der Waals surface area contributed by atoms with E-state index in [2.05, 4.69) is 0 Å². The van der Waals surface area contributed by atoms with Crippen LogP contribution < -0.4 is 0 Å². The number of rotatable bonds is 2. The van der Waals surface area contributed by atoms with Crippen LogP contribution in [0.4, 0.5) is 4.79 Å². The molecule has 6 nitrogen and oxygen atoms in total. The molecule has 0 aliphatic carbocycles. The second kappa shape index (κ2) is 7.11. The van der Waals surface area contributed by atoms with Crippen LogP contribution in [0.2, 0.25) is 0 Å². The lowest BCUT2D eigenvalue weighted by Crippen LogP contribution is -2.41. The first-order valence-electron chi connectivity index (χ1n) is 8.10. The second-order valence-corrected chi connectivity index (χ2v) is 7.01. The van der Waals surface area contributed by atoms with E-state index < -0.39 is 11.6 Å². The molecule has 0 aromatic heterocycles. The second-order valence-electron chi connectivity index (χ2n) is 7.01. The van der Waals surface area contributed by atoms with Crippen LogP contribution in [-0.2, 0) is 9.47 Å². The average molecular weight is 335 g/mol. The zero-order valence-corrected chi connectivity index (χ0v) is 14.7. The molecule has 0 spiro atoms. The summed E-state index contributed by atoms with van der Waals surface area (Å²) in [6.07, 6.45) is 1.10. The van der Waals surface area contributed by atoms with Gasteiger partial charge >= 0.3 is 12.1 Å². The number of amides is 1. The first-order valence-corrected chi connectivity index (χ1v) is 8.10. The summed E-state index contributed by atoms with van der Waals surface area (Å²) in [6, 6.07) is 4.73. The molecular formula is C18H25NO5. The van der Waals surface area contributed by atoms with Crippen LogP contribution in [0, 0.1) is 0 Å². The molecule has 1 aliphatic rings. The molecule has 1 saturated heterocycles. The number of piperidine rings is 1. The molecule has 1 heterocycles. The summed E-state index contributed by atoms with van der Waals surface area (Å²) < 4.78 is 10.1. The Hall–Kier alpha value is -2.24. The van der Waals surface area contributed by atoms with Crippen molar-refractivity contribution in [2.75, 3.05) is 20.2 Å². The molecule has 1 N–H and O–H groups in total. The molecule has 2 rings (SSSR count). The summed E-state index contributed by atoms with van der Waals surface area (Å²) in [6.45, 7) is 6.64. The first-order chi connectivity index (χ1) is 11.2. The van der Waals surface area contributed by atoms with Crippen LogP contribution in [0.15, 0.2) is 18.2 Å². The third kappa shape index (κ3) is 4.40. The van der Waals surface area contributed by atoms with Crippen LogP contribution in [0.25, 0.3) is 0 Å². The number of methoxy groups -OCH3 is 1. The highest BCUT2D eigenvalue weighted by atomic mass is 16.6. The molecule has 1 aromatic rings. The summed E-state index contributed by atoms with van der Waals surface area (Å²) in [5, 5.41) is 10.1. The Bertz CT molecular complexity index is 612. The van der Waals surface area contributed by atoms with Crippen LogP contribution in [0.5, 0.6) is 5.75 Å². The van der Waals surface area contributed by atoms with Gasteiger partial charge < -0.3 is 19.5 Å². The van der Waals surface area contributed by atoms with Crippen LogP contribution in [-0.4, -0.2) is 47.9 Å². The molecule has 0 bridgehead atoms. The smallest absolute Gasteiger partial charge is 0.410 e. The SMILES string of the molecule is COC(=O)c1ccc(O)c(C2CCN(C(=O)OC(C)(C)C)CC2)c1. The normalized spacial score (nSPS) is 15.9. The van der Waals surface area contributed by atoms with E-state index in [1.165, 1.54) is 13.2 Å². The lowest BCUT2D eigenvalue weighted by atomic mass is 9.88. The van der Waals surface area contributed by atoms with Gasteiger partial charge in [0.2, 0.25) is 0 Å². The highest BCUT2D eigenvalue weighted by molar-refractivity contribution is 5.89. The molecule has 1 amide bonds. The monoisotopic (exact) mass is 335 g/mol.